The average molecular weight is 406 g/mol. The standard InChI is InChI=1S/C21H18N4O3S/c1-13-18(20(26)24-15-8-4-3-5-9-15)19(17(12-22)21(23-13)29-2)14-7-6-10-16(11-14)25(27)28/h3-11,18-19H,1-2H3,(H,24,26)/t18?,19-/m0/s1. The molecule has 0 aromatic heterocycles. The van der Waals surface area contributed by atoms with E-state index in [2.05, 4.69) is 16.4 Å². The minimum atomic E-state index is -0.761. The Labute approximate surface area is 172 Å². The van der Waals surface area contributed by atoms with Crippen LogP contribution < -0.4 is 5.32 Å². The quantitative estimate of drug-likeness (QED) is 0.581. The normalized spacial score (nSPS) is 18.6. The van der Waals surface area contributed by atoms with E-state index in [1.165, 1.54) is 23.9 Å². The SMILES string of the molecule is CSC1=C(C#N)[C@H](c2cccc([N+](=O)[O-])c2)C(C(=O)Nc2ccccc2)C(C)=N1. The second-order valence-corrected chi connectivity index (χ2v) is 7.25. The lowest BCUT2D eigenvalue weighted by atomic mass is 9.76. The van der Waals surface area contributed by atoms with Gasteiger partial charge in [0.25, 0.3) is 5.69 Å². The Kier molecular flexibility index (Phi) is 6.10. The first-order chi connectivity index (χ1) is 14.0. The minimum absolute atomic E-state index is 0.0899. The van der Waals surface area contributed by atoms with Crippen molar-refractivity contribution in [1.29, 1.82) is 5.26 Å². The van der Waals surface area contributed by atoms with Crippen molar-refractivity contribution in [2.45, 2.75) is 12.8 Å². The molecule has 7 nitrogen and oxygen atoms in total. The number of nitro benzene ring substituents is 1. The molecule has 0 bridgehead atoms. The van der Waals surface area contributed by atoms with E-state index in [-0.39, 0.29) is 11.6 Å². The summed E-state index contributed by atoms with van der Waals surface area (Å²) in [5.74, 6) is -1.74. The number of nitriles is 1. The molecule has 1 aliphatic heterocycles. The molecule has 0 fully saturated rings. The number of nitrogens with one attached hydrogen (secondary N) is 1. The Bertz CT molecular complexity index is 1060. The van der Waals surface area contributed by atoms with Crippen LogP contribution in [0.2, 0.25) is 0 Å². The maximum Gasteiger partial charge on any atom is 0.269 e. The summed E-state index contributed by atoms with van der Waals surface area (Å²) in [5.41, 5.74) is 1.95. The van der Waals surface area contributed by atoms with Gasteiger partial charge in [0.1, 0.15) is 5.03 Å². The monoisotopic (exact) mass is 406 g/mol. The predicted molar refractivity (Wildman–Crippen MR) is 114 cm³/mol. The Morgan fingerprint density at radius 1 is 1.24 bits per heavy atom. The van der Waals surface area contributed by atoms with Gasteiger partial charge in [0, 0.05) is 29.4 Å². The summed E-state index contributed by atoms with van der Waals surface area (Å²) in [7, 11) is 0. The van der Waals surface area contributed by atoms with E-state index in [0.717, 1.165) is 0 Å². The third kappa shape index (κ3) is 4.20. The van der Waals surface area contributed by atoms with Crippen LogP contribution in [0.1, 0.15) is 18.4 Å². The lowest BCUT2D eigenvalue weighted by Crippen LogP contribution is -2.36. The average Bonchev–Trinajstić information content (AvgIpc) is 2.73. The number of benzene rings is 2. The fourth-order valence-corrected chi connectivity index (χ4v) is 4.01. The molecule has 0 saturated heterocycles. The number of carbonyl (C=O) groups is 1. The zero-order valence-corrected chi connectivity index (χ0v) is 16.6. The number of hydrogen-bond acceptors (Lipinski definition) is 6. The van der Waals surface area contributed by atoms with Crippen LogP contribution in [0.4, 0.5) is 11.4 Å². The number of thioether (sulfide) groups is 1. The van der Waals surface area contributed by atoms with Crippen LogP contribution in [-0.2, 0) is 4.79 Å². The van der Waals surface area contributed by atoms with Gasteiger partial charge in [-0.05, 0) is 30.9 Å². The minimum Gasteiger partial charge on any atom is -0.325 e. The van der Waals surface area contributed by atoms with Crippen LogP contribution in [0, 0.1) is 27.4 Å². The van der Waals surface area contributed by atoms with Crippen LogP contribution in [0.15, 0.2) is 70.2 Å². The first kappa shape index (κ1) is 20.3. The second kappa shape index (κ2) is 8.71. The highest BCUT2D eigenvalue weighted by Crippen LogP contribution is 2.42. The van der Waals surface area contributed by atoms with Gasteiger partial charge in [0.15, 0.2) is 0 Å². The van der Waals surface area contributed by atoms with Crippen molar-refractivity contribution >= 4 is 34.8 Å². The number of non-ortho nitro benzene ring substituents is 1. The van der Waals surface area contributed by atoms with Gasteiger partial charge in [-0.2, -0.15) is 5.26 Å². The van der Waals surface area contributed by atoms with Crippen LogP contribution in [0.3, 0.4) is 0 Å². The number of aliphatic imine (C=N–C) groups is 1. The summed E-state index contributed by atoms with van der Waals surface area (Å²) in [6.07, 6.45) is 1.80. The van der Waals surface area contributed by atoms with Gasteiger partial charge in [-0.3, -0.25) is 14.9 Å². The molecule has 2 atom stereocenters. The van der Waals surface area contributed by atoms with Crippen molar-refractivity contribution in [3.8, 4) is 6.07 Å². The molecule has 1 unspecified atom stereocenters. The Hall–Kier alpha value is -3.44. The van der Waals surface area contributed by atoms with Crippen LogP contribution in [0.5, 0.6) is 0 Å². The molecule has 3 rings (SSSR count). The topological polar surface area (TPSA) is 108 Å². The van der Waals surface area contributed by atoms with Gasteiger partial charge in [-0.15, -0.1) is 11.8 Å². The number of nitro groups is 1. The number of anilines is 1. The van der Waals surface area contributed by atoms with E-state index in [0.29, 0.717) is 27.6 Å². The van der Waals surface area contributed by atoms with E-state index in [1.807, 2.05) is 18.2 Å². The Balaban J connectivity index is 2.10. The van der Waals surface area contributed by atoms with E-state index >= 15 is 0 Å². The molecule has 0 saturated carbocycles. The maximum atomic E-state index is 13.2. The smallest absolute Gasteiger partial charge is 0.269 e. The van der Waals surface area contributed by atoms with Crippen molar-refractivity contribution < 1.29 is 9.72 Å². The molecule has 146 valence electrons. The molecule has 1 heterocycles. The summed E-state index contributed by atoms with van der Waals surface area (Å²) in [6, 6.07) is 17.2. The molecular weight excluding hydrogens is 388 g/mol. The fourth-order valence-electron chi connectivity index (χ4n) is 3.38. The van der Waals surface area contributed by atoms with Crippen LogP contribution in [0.25, 0.3) is 0 Å². The molecule has 0 radical (unpaired) electrons. The van der Waals surface area contributed by atoms with E-state index in [4.69, 9.17) is 0 Å². The predicted octanol–water partition coefficient (Wildman–Crippen LogP) is 4.51. The number of rotatable bonds is 5. The molecule has 1 aliphatic rings. The van der Waals surface area contributed by atoms with Gasteiger partial charge in [0.2, 0.25) is 5.91 Å². The van der Waals surface area contributed by atoms with E-state index in [1.54, 1.807) is 37.4 Å². The van der Waals surface area contributed by atoms with Crippen molar-refractivity contribution in [2.75, 3.05) is 11.6 Å². The van der Waals surface area contributed by atoms with Gasteiger partial charge in [0.05, 0.1) is 22.5 Å². The number of carbonyl (C=O) groups excluding carboxylic acids is 1. The highest BCUT2D eigenvalue weighted by molar-refractivity contribution is 8.02. The van der Waals surface area contributed by atoms with Gasteiger partial charge < -0.3 is 5.32 Å². The fraction of sp³-hybridized carbons (Fsp3) is 0.190. The molecule has 0 spiro atoms. The first-order valence-electron chi connectivity index (χ1n) is 8.80. The van der Waals surface area contributed by atoms with Crippen molar-refractivity contribution in [1.82, 2.24) is 0 Å². The summed E-state index contributed by atoms with van der Waals surface area (Å²) >= 11 is 1.31. The zero-order valence-electron chi connectivity index (χ0n) is 15.8. The molecular formula is C21H18N4O3S. The first-order valence-corrected chi connectivity index (χ1v) is 10.0. The molecule has 2 aromatic carbocycles. The van der Waals surface area contributed by atoms with Gasteiger partial charge in [-0.25, -0.2) is 4.99 Å². The van der Waals surface area contributed by atoms with Gasteiger partial charge in [-0.1, -0.05) is 30.3 Å². The number of amides is 1. The number of para-hydroxylation sites is 1. The summed E-state index contributed by atoms with van der Waals surface area (Å²) < 4.78 is 0. The van der Waals surface area contributed by atoms with E-state index in [9.17, 15) is 20.2 Å². The highest BCUT2D eigenvalue weighted by Gasteiger charge is 2.39. The maximum absolute atomic E-state index is 13.2. The summed E-state index contributed by atoms with van der Waals surface area (Å²) in [4.78, 5) is 28.4. The third-order valence-corrected chi connectivity index (χ3v) is 5.38. The summed E-state index contributed by atoms with van der Waals surface area (Å²) in [6.45, 7) is 1.74. The number of nitrogens with zero attached hydrogens (tertiary/aromatic N) is 3. The second-order valence-electron chi connectivity index (χ2n) is 6.45. The van der Waals surface area contributed by atoms with Gasteiger partial charge >= 0.3 is 0 Å². The lowest BCUT2D eigenvalue weighted by Gasteiger charge is -2.30. The van der Waals surface area contributed by atoms with E-state index < -0.39 is 16.8 Å². The van der Waals surface area contributed by atoms with Crippen LogP contribution >= 0.6 is 11.8 Å². The lowest BCUT2D eigenvalue weighted by molar-refractivity contribution is -0.384. The van der Waals surface area contributed by atoms with Crippen molar-refractivity contribution in [3.05, 3.63) is 80.9 Å². The molecule has 0 aliphatic carbocycles. The molecule has 29 heavy (non-hydrogen) atoms. The molecule has 8 heteroatoms. The molecule has 1 N–H and O–H groups in total. The molecule has 2 aromatic rings. The number of hydrogen-bond donors (Lipinski definition) is 1. The largest absolute Gasteiger partial charge is 0.325 e. The summed E-state index contributed by atoms with van der Waals surface area (Å²) in [5, 5.41) is 24.5. The third-order valence-electron chi connectivity index (χ3n) is 4.68. The highest BCUT2D eigenvalue weighted by atomic mass is 32.2. The Morgan fingerprint density at radius 3 is 2.59 bits per heavy atom. The zero-order chi connectivity index (χ0) is 21.0. The number of allylic oxidation sites excluding steroid dienone is 1. The van der Waals surface area contributed by atoms with Crippen LogP contribution in [-0.4, -0.2) is 22.8 Å². The van der Waals surface area contributed by atoms with Crippen molar-refractivity contribution in [3.63, 3.8) is 0 Å². The Morgan fingerprint density at radius 2 is 1.97 bits per heavy atom. The van der Waals surface area contributed by atoms with Crippen molar-refractivity contribution in [2.24, 2.45) is 10.9 Å². The molecule has 1 amide bonds.